The quantitative estimate of drug-likeness (QED) is 0.388. The Balaban J connectivity index is 3.14. The van der Waals surface area contributed by atoms with E-state index in [9.17, 15) is 4.79 Å². The summed E-state index contributed by atoms with van der Waals surface area (Å²) in [5, 5.41) is 0.894. The molecule has 0 aromatic rings. The lowest BCUT2D eigenvalue weighted by Gasteiger charge is -1.88. The molecule has 0 unspecified atom stereocenters. The molecule has 0 saturated heterocycles. The number of halogens is 1. The molecule has 0 aliphatic heterocycles. The molecule has 0 aliphatic rings. The fraction of sp³-hybridized carbons (Fsp3) is 0.500. The molecule has 0 amide bonds. The van der Waals surface area contributed by atoms with Crippen LogP contribution in [0.2, 0.25) is 0 Å². The van der Waals surface area contributed by atoms with Crippen LogP contribution >= 0.6 is 15.9 Å². The van der Waals surface area contributed by atoms with Crippen molar-refractivity contribution in [1.29, 1.82) is 0 Å². The second-order valence-electron chi connectivity index (χ2n) is 1.46. The van der Waals surface area contributed by atoms with E-state index >= 15 is 0 Å². The third-order valence-electron chi connectivity index (χ3n) is 0.606. The minimum Gasteiger partial charge on any atom is -0.435 e. The first-order chi connectivity index (χ1) is 4.27. The molecule has 52 valence electrons. The lowest BCUT2D eigenvalue weighted by atomic mass is 10.5. The van der Waals surface area contributed by atoms with E-state index in [1.807, 2.05) is 0 Å². The highest BCUT2D eigenvalue weighted by Crippen LogP contribution is 1.89. The lowest BCUT2D eigenvalue weighted by Crippen LogP contribution is -1.89. The van der Waals surface area contributed by atoms with Crippen LogP contribution in [0.25, 0.3) is 0 Å². The Morgan fingerprint density at radius 3 is 2.89 bits per heavy atom. The smallest absolute Gasteiger partial charge is 0.307 e. The molecule has 0 aromatic heterocycles. The number of carbonyl (C=O) groups excluding carboxylic acids is 1. The van der Waals surface area contributed by atoms with E-state index in [0.29, 0.717) is 0 Å². The normalized spacial score (nSPS) is 10.0. The number of carbonyl (C=O) groups is 1. The lowest BCUT2D eigenvalue weighted by molar-refractivity contribution is -0.135. The van der Waals surface area contributed by atoms with Gasteiger partial charge >= 0.3 is 5.97 Å². The van der Waals surface area contributed by atoms with Crippen LogP contribution in [0.15, 0.2) is 12.3 Å². The number of allylic oxidation sites excluding steroid dienone is 1. The molecular weight excluding hydrogens is 184 g/mol. The number of hydrogen-bond acceptors (Lipinski definition) is 2. The summed E-state index contributed by atoms with van der Waals surface area (Å²) < 4.78 is 4.50. The van der Waals surface area contributed by atoms with E-state index in [4.69, 9.17) is 0 Å². The minimum absolute atomic E-state index is 0.277. The maximum absolute atomic E-state index is 10.1. The van der Waals surface area contributed by atoms with Crippen LogP contribution in [0.1, 0.15) is 13.3 Å². The molecule has 0 saturated carbocycles. The van der Waals surface area contributed by atoms with Gasteiger partial charge in [-0.2, -0.15) is 0 Å². The predicted octanol–water partition coefficient (Wildman–Crippen LogP) is 1.85. The summed E-state index contributed by atoms with van der Waals surface area (Å²) in [6, 6.07) is 0. The SMILES string of the molecule is CC(=O)OC=CCCBr. The number of rotatable bonds is 3. The van der Waals surface area contributed by atoms with E-state index < -0.39 is 0 Å². The molecule has 0 N–H and O–H groups in total. The van der Waals surface area contributed by atoms with Crippen molar-refractivity contribution in [2.75, 3.05) is 5.33 Å². The molecule has 0 bridgehead atoms. The van der Waals surface area contributed by atoms with Gasteiger partial charge in [-0.05, 0) is 12.5 Å². The van der Waals surface area contributed by atoms with Gasteiger partial charge < -0.3 is 4.74 Å². The van der Waals surface area contributed by atoms with Crippen LogP contribution in [-0.2, 0) is 9.53 Å². The Bertz CT molecular complexity index is 110. The first-order valence-corrected chi connectivity index (χ1v) is 3.77. The Morgan fingerprint density at radius 2 is 2.44 bits per heavy atom. The summed E-state index contributed by atoms with van der Waals surface area (Å²) in [5.41, 5.74) is 0. The number of esters is 1. The van der Waals surface area contributed by atoms with Gasteiger partial charge in [0.25, 0.3) is 0 Å². The van der Waals surface area contributed by atoms with Gasteiger partial charge in [-0.1, -0.05) is 15.9 Å². The average molecular weight is 193 g/mol. The largest absolute Gasteiger partial charge is 0.435 e. The summed E-state index contributed by atoms with van der Waals surface area (Å²) in [6.45, 7) is 1.37. The number of alkyl halides is 1. The van der Waals surface area contributed by atoms with Gasteiger partial charge in [-0.25, -0.2) is 0 Å². The molecule has 3 heteroatoms. The maximum atomic E-state index is 10.1. The molecule has 0 aromatic carbocycles. The maximum Gasteiger partial charge on any atom is 0.307 e. The topological polar surface area (TPSA) is 26.3 Å². The predicted molar refractivity (Wildman–Crippen MR) is 39.3 cm³/mol. The monoisotopic (exact) mass is 192 g/mol. The number of hydrogen-bond donors (Lipinski definition) is 0. The highest BCUT2D eigenvalue weighted by molar-refractivity contribution is 9.09. The van der Waals surface area contributed by atoms with Crippen molar-refractivity contribution in [1.82, 2.24) is 0 Å². The molecule has 0 heterocycles. The van der Waals surface area contributed by atoms with Crippen molar-refractivity contribution in [3.8, 4) is 0 Å². The molecule has 0 spiro atoms. The average Bonchev–Trinajstić information content (AvgIpc) is 1.80. The van der Waals surface area contributed by atoms with E-state index in [-0.39, 0.29) is 5.97 Å². The standard InChI is InChI=1S/C6H9BrO2/c1-6(8)9-5-3-2-4-7/h3,5H,2,4H2,1H3. The van der Waals surface area contributed by atoms with Gasteiger partial charge in [0.05, 0.1) is 6.26 Å². The van der Waals surface area contributed by atoms with E-state index in [0.717, 1.165) is 11.8 Å². The second kappa shape index (κ2) is 5.82. The Labute approximate surface area is 63.0 Å². The molecule has 0 radical (unpaired) electrons. The first kappa shape index (κ1) is 8.69. The van der Waals surface area contributed by atoms with Crippen LogP contribution in [0.4, 0.5) is 0 Å². The molecule has 0 atom stereocenters. The zero-order chi connectivity index (χ0) is 7.11. The Kier molecular flexibility index (Phi) is 5.62. The van der Waals surface area contributed by atoms with Crippen molar-refractivity contribution in [2.24, 2.45) is 0 Å². The molecule has 0 rings (SSSR count). The Morgan fingerprint density at radius 1 is 1.78 bits per heavy atom. The highest BCUT2D eigenvalue weighted by Gasteiger charge is 1.82. The zero-order valence-corrected chi connectivity index (χ0v) is 6.85. The van der Waals surface area contributed by atoms with Crippen LogP contribution in [-0.4, -0.2) is 11.3 Å². The second-order valence-corrected chi connectivity index (χ2v) is 2.25. The van der Waals surface area contributed by atoms with Gasteiger partial charge in [-0.15, -0.1) is 0 Å². The molecular formula is C6H9BrO2. The van der Waals surface area contributed by atoms with Crippen molar-refractivity contribution < 1.29 is 9.53 Å². The fourth-order valence-corrected chi connectivity index (χ4v) is 0.539. The third-order valence-corrected chi connectivity index (χ3v) is 1.06. The van der Waals surface area contributed by atoms with Crippen molar-refractivity contribution in [3.05, 3.63) is 12.3 Å². The highest BCUT2D eigenvalue weighted by atomic mass is 79.9. The van der Waals surface area contributed by atoms with Crippen LogP contribution in [0.5, 0.6) is 0 Å². The molecule has 0 aliphatic carbocycles. The summed E-state index contributed by atoms with van der Waals surface area (Å²) in [5.74, 6) is -0.277. The third kappa shape index (κ3) is 7.69. The van der Waals surface area contributed by atoms with E-state index in [1.165, 1.54) is 13.2 Å². The summed E-state index contributed by atoms with van der Waals surface area (Å²) in [4.78, 5) is 10.1. The zero-order valence-electron chi connectivity index (χ0n) is 5.26. The van der Waals surface area contributed by atoms with E-state index in [2.05, 4.69) is 20.7 Å². The molecule has 9 heavy (non-hydrogen) atoms. The molecule has 2 nitrogen and oxygen atoms in total. The van der Waals surface area contributed by atoms with Gasteiger partial charge in [0, 0.05) is 12.3 Å². The van der Waals surface area contributed by atoms with Gasteiger partial charge in [-0.3, -0.25) is 4.79 Å². The van der Waals surface area contributed by atoms with Crippen molar-refractivity contribution in [3.63, 3.8) is 0 Å². The van der Waals surface area contributed by atoms with Crippen LogP contribution in [0, 0.1) is 0 Å². The van der Waals surface area contributed by atoms with Gasteiger partial charge in [0.15, 0.2) is 0 Å². The van der Waals surface area contributed by atoms with Gasteiger partial charge in [0.2, 0.25) is 0 Å². The van der Waals surface area contributed by atoms with Crippen molar-refractivity contribution >= 4 is 21.9 Å². The first-order valence-electron chi connectivity index (χ1n) is 2.65. The minimum atomic E-state index is -0.277. The summed E-state index contributed by atoms with van der Waals surface area (Å²) >= 11 is 3.22. The van der Waals surface area contributed by atoms with E-state index in [1.54, 1.807) is 6.08 Å². The van der Waals surface area contributed by atoms with Crippen molar-refractivity contribution in [2.45, 2.75) is 13.3 Å². The Hall–Kier alpha value is -0.310. The number of ether oxygens (including phenoxy) is 1. The van der Waals surface area contributed by atoms with Crippen LogP contribution < -0.4 is 0 Å². The summed E-state index contributed by atoms with van der Waals surface area (Å²) in [6.07, 6.45) is 4.08. The van der Waals surface area contributed by atoms with Crippen LogP contribution in [0.3, 0.4) is 0 Å². The van der Waals surface area contributed by atoms with Gasteiger partial charge in [0.1, 0.15) is 0 Å². The summed E-state index contributed by atoms with van der Waals surface area (Å²) in [7, 11) is 0. The fourth-order valence-electron chi connectivity index (χ4n) is 0.275. The molecule has 0 fully saturated rings.